The van der Waals surface area contributed by atoms with E-state index >= 15 is 0 Å². The van der Waals surface area contributed by atoms with Crippen LogP contribution in [0.1, 0.15) is 40.1 Å². The van der Waals surface area contributed by atoms with E-state index in [1.165, 1.54) is 12.1 Å². The Balaban J connectivity index is 1.89. The molecule has 0 radical (unpaired) electrons. The van der Waals surface area contributed by atoms with Crippen LogP contribution in [0.25, 0.3) is 0 Å². The zero-order valence-electron chi connectivity index (χ0n) is 11.6. The summed E-state index contributed by atoms with van der Waals surface area (Å²) in [6, 6.07) is 11.7. The van der Waals surface area contributed by atoms with Crippen LogP contribution >= 0.6 is 0 Å². The van der Waals surface area contributed by atoms with Gasteiger partial charge in [-0.15, -0.1) is 0 Å². The SMILES string of the molecule is CCOC(=O)c1ccc2c(c1)COC2c1ccc(F)cc1. The number of benzene rings is 2. The van der Waals surface area contributed by atoms with Crippen LogP contribution in [0.15, 0.2) is 42.5 Å². The number of hydrogen-bond donors (Lipinski definition) is 0. The highest BCUT2D eigenvalue weighted by Crippen LogP contribution is 2.36. The van der Waals surface area contributed by atoms with Gasteiger partial charge < -0.3 is 9.47 Å². The minimum Gasteiger partial charge on any atom is -0.462 e. The summed E-state index contributed by atoms with van der Waals surface area (Å²) in [6.45, 7) is 2.56. The van der Waals surface area contributed by atoms with Gasteiger partial charge in [0.25, 0.3) is 0 Å². The Labute approximate surface area is 122 Å². The van der Waals surface area contributed by atoms with Crippen molar-refractivity contribution in [3.63, 3.8) is 0 Å². The highest BCUT2D eigenvalue weighted by atomic mass is 19.1. The predicted octanol–water partition coefficient (Wildman–Crippen LogP) is 3.62. The summed E-state index contributed by atoms with van der Waals surface area (Å²) in [6.07, 6.45) is -0.211. The van der Waals surface area contributed by atoms with Gasteiger partial charge >= 0.3 is 5.97 Å². The average molecular weight is 286 g/mol. The largest absolute Gasteiger partial charge is 0.462 e. The average Bonchev–Trinajstić information content (AvgIpc) is 2.91. The fraction of sp³-hybridized carbons (Fsp3) is 0.235. The molecular weight excluding hydrogens is 271 g/mol. The molecule has 1 unspecified atom stereocenters. The Morgan fingerprint density at radius 1 is 1.29 bits per heavy atom. The molecule has 2 aromatic rings. The van der Waals surface area contributed by atoms with E-state index in [1.54, 1.807) is 31.2 Å². The first-order chi connectivity index (χ1) is 10.2. The molecule has 3 rings (SSSR count). The maximum absolute atomic E-state index is 13.0. The van der Waals surface area contributed by atoms with Crippen molar-refractivity contribution in [3.05, 3.63) is 70.5 Å². The Morgan fingerprint density at radius 2 is 2.05 bits per heavy atom. The number of fused-ring (bicyclic) bond motifs is 1. The van der Waals surface area contributed by atoms with E-state index < -0.39 is 0 Å². The van der Waals surface area contributed by atoms with Crippen molar-refractivity contribution in [3.8, 4) is 0 Å². The van der Waals surface area contributed by atoms with Gasteiger partial charge in [0.1, 0.15) is 11.9 Å². The first-order valence-corrected chi connectivity index (χ1v) is 6.86. The first kappa shape index (κ1) is 13.8. The molecular formula is C17H15FO3. The summed E-state index contributed by atoms with van der Waals surface area (Å²) >= 11 is 0. The van der Waals surface area contributed by atoms with Crippen LogP contribution in [0.5, 0.6) is 0 Å². The molecule has 0 N–H and O–H groups in total. The van der Waals surface area contributed by atoms with E-state index in [9.17, 15) is 9.18 Å². The van der Waals surface area contributed by atoms with Crippen LogP contribution in [0.4, 0.5) is 4.39 Å². The number of carbonyl (C=O) groups excluding carboxylic acids is 1. The normalized spacial score (nSPS) is 16.6. The summed E-state index contributed by atoms with van der Waals surface area (Å²) in [5, 5.41) is 0. The van der Waals surface area contributed by atoms with E-state index in [2.05, 4.69) is 0 Å². The molecule has 1 atom stereocenters. The van der Waals surface area contributed by atoms with Crippen molar-refractivity contribution in [2.75, 3.05) is 6.61 Å². The van der Waals surface area contributed by atoms with Crippen LogP contribution < -0.4 is 0 Å². The smallest absolute Gasteiger partial charge is 0.338 e. The Morgan fingerprint density at radius 3 is 2.76 bits per heavy atom. The van der Waals surface area contributed by atoms with Crippen molar-refractivity contribution < 1.29 is 18.7 Å². The molecule has 4 heteroatoms. The van der Waals surface area contributed by atoms with Gasteiger partial charge in [0, 0.05) is 0 Å². The number of hydrogen-bond acceptors (Lipinski definition) is 3. The van der Waals surface area contributed by atoms with Crippen LogP contribution in [-0.2, 0) is 16.1 Å². The molecule has 21 heavy (non-hydrogen) atoms. The van der Waals surface area contributed by atoms with E-state index in [4.69, 9.17) is 9.47 Å². The molecule has 0 spiro atoms. The van der Waals surface area contributed by atoms with Gasteiger partial charge in [-0.25, -0.2) is 9.18 Å². The van der Waals surface area contributed by atoms with E-state index in [0.717, 1.165) is 16.7 Å². The molecule has 108 valence electrons. The van der Waals surface area contributed by atoms with Crippen LogP contribution in [0.2, 0.25) is 0 Å². The molecule has 0 aromatic heterocycles. The first-order valence-electron chi connectivity index (χ1n) is 6.86. The van der Waals surface area contributed by atoms with Crippen LogP contribution in [0, 0.1) is 5.82 Å². The molecule has 0 saturated carbocycles. The van der Waals surface area contributed by atoms with Crippen molar-refractivity contribution in [2.45, 2.75) is 19.6 Å². The maximum atomic E-state index is 13.0. The second kappa shape index (κ2) is 5.66. The third kappa shape index (κ3) is 2.67. The summed E-state index contributed by atoms with van der Waals surface area (Å²) in [4.78, 5) is 11.7. The van der Waals surface area contributed by atoms with Gasteiger partial charge in [-0.05, 0) is 47.9 Å². The van der Waals surface area contributed by atoms with Gasteiger partial charge in [0.2, 0.25) is 0 Å². The Bertz CT molecular complexity index is 664. The van der Waals surface area contributed by atoms with Crippen molar-refractivity contribution in [1.29, 1.82) is 0 Å². The molecule has 1 aliphatic rings. The number of rotatable bonds is 3. The molecule has 1 aliphatic heterocycles. The lowest BCUT2D eigenvalue weighted by Crippen LogP contribution is -2.05. The molecule has 0 amide bonds. The van der Waals surface area contributed by atoms with Gasteiger partial charge in [-0.2, -0.15) is 0 Å². The zero-order valence-corrected chi connectivity index (χ0v) is 11.6. The third-order valence-electron chi connectivity index (χ3n) is 3.51. The molecule has 0 fully saturated rings. The number of esters is 1. The molecule has 0 saturated heterocycles. The predicted molar refractivity (Wildman–Crippen MR) is 75.4 cm³/mol. The minimum atomic E-state index is -0.328. The second-order valence-corrected chi connectivity index (χ2v) is 4.88. The summed E-state index contributed by atoms with van der Waals surface area (Å²) < 4.78 is 23.8. The number of ether oxygens (including phenoxy) is 2. The van der Waals surface area contributed by atoms with Gasteiger partial charge in [0.05, 0.1) is 18.8 Å². The molecule has 1 heterocycles. The van der Waals surface area contributed by atoms with Gasteiger partial charge in [0.15, 0.2) is 0 Å². The lowest BCUT2D eigenvalue weighted by molar-refractivity contribution is 0.0526. The van der Waals surface area contributed by atoms with Crippen molar-refractivity contribution in [2.24, 2.45) is 0 Å². The Kier molecular flexibility index (Phi) is 3.71. The fourth-order valence-electron chi connectivity index (χ4n) is 2.50. The van der Waals surface area contributed by atoms with Crippen LogP contribution in [0.3, 0.4) is 0 Å². The summed E-state index contributed by atoms with van der Waals surface area (Å²) in [5.41, 5.74) is 3.41. The molecule has 0 aliphatic carbocycles. The minimum absolute atomic E-state index is 0.211. The molecule has 0 bridgehead atoms. The van der Waals surface area contributed by atoms with E-state index in [0.29, 0.717) is 18.8 Å². The summed E-state index contributed by atoms with van der Waals surface area (Å²) in [5.74, 6) is -0.597. The van der Waals surface area contributed by atoms with E-state index in [1.807, 2.05) is 6.07 Å². The number of carbonyl (C=O) groups is 1. The van der Waals surface area contributed by atoms with Gasteiger partial charge in [-0.1, -0.05) is 18.2 Å². The second-order valence-electron chi connectivity index (χ2n) is 4.88. The quantitative estimate of drug-likeness (QED) is 0.808. The highest BCUT2D eigenvalue weighted by Gasteiger charge is 2.25. The fourth-order valence-corrected chi connectivity index (χ4v) is 2.50. The third-order valence-corrected chi connectivity index (χ3v) is 3.51. The summed E-state index contributed by atoms with van der Waals surface area (Å²) in [7, 11) is 0. The van der Waals surface area contributed by atoms with Crippen molar-refractivity contribution in [1.82, 2.24) is 0 Å². The monoisotopic (exact) mass is 286 g/mol. The maximum Gasteiger partial charge on any atom is 0.338 e. The van der Waals surface area contributed by atoms with E-state index in [-0.39, 0.29) is 17.9 Å². The highest BCUT2D eigenvalue weighted by molar-refractivity contribution is 5.89. The lowest BCUT2D eigenvalue weighted by Gasteiger charge is -2.11. The lowest BCUT2D eigenvalue weighted by atomic mass is 9.98. The zero-order chi connectivity index (χ0) is 14.8. The molecule has 2 aromatic carbocycles. The van der Waals surface area contributed by atoms with Gasteiger partial charge in [-0.3, -0.25) is 0 Å². The standard InChI is InChI=1S/C17H15FO3/c1-2-20-17(19)12-5-8-15-13(9-12)10-21-16(15)11-3-6-14(18)7-4-11/h3-9,16H,2,10H2,1H3. The molecule has 3 nitrogen and oxygen atoms in total. The number of halogens is 1. The van der Waals surface area contributed by atoms with Crippen molar-refractivity contribution >= 4 is 5.97 Å². The topological polar surface area (TPSA) is 35.5 Å². The van der Waals surface area contributed by atoms with Crippen LogP contribution in [-0.4, -0.2) is 12.6 Å². The Hall–Kier alpha value is -2.20.